The molecule has 16 heteroatoms. The van der Waals surface area contributed by atoms with Crippen molar-refractivity contribution in [2.45, 2.75) is 37.3 Å². The number of benzene rings is 3. The molecule has 0 spiro atoms. The van der Waals surface area contributed by atoms with Gasteiger partial charge in [0.25, 0.3) is 11.8 Å². The van der Waals surface area contributed by atoms with Crippen molar-refractivity contribution < 1.29 is 42.2 Å². The highest BCUT2D eigenvalue weighted by molar-refractivity contribution is 6.33. The van der Waals surface area contributed by atoms with Crippen molar-refractivity contribution in [3.8, 4) is 11.5 Å². The predicted molar refractivity (Wildman–Crippen MR) is 200 cm³/mol. The van der Waals surface area contributed by atoms with Gasteiger partial charge < -0.3 is 9.84 Å². The van der Waals surface area contributed by atoms with Crippen LogP contribution in [0.15, 0.2) is 84.6 Å². The molecule has 288 valence electrons. The molecule has 2 aliphatic heterocycles. The zero-order valence-electron chi connectivity index (χ0n) is 29.4. The first-order valence-electron chi connectivity index (χ1n) is 17.4. The lowest BCUT2D eigenvalue weighted by atomic mass is 9.49. The number of allylic oxidation sites excluding steroid dienone is 2. The maximum atomic E-state index is 15.3. The van der Waals surface area contributed by atoms with E-state index in [1.807, 2.05) is 6.08 Å². The number of carbonyl (C=O) groups excluding carboxylic acids is 4. The largest absolute Gasteiger partial charge is 0.508 e. The lowest BCUT2D eigenvalue weighted by Gasteiger charge is -2.50. The number of phenols is 1. The SMILES string of the molecule is COc1ccc(O)c([C@H]2C3=CC[C@@H]4C(=O)N(c5ccc(C)c(Cl)c5)C(=O)[C@@H]4[C@@H]3C[C@H]3C(=O)N(Nc4ncc(C(F)(F)F)cc4Cl)C(=O)[C@@]23c2ccc(Cl)cc2)c1. The molecular weight excluding hydrogens is 796 g/mol. The van der Waals surface area contributed by atoms with E-state index in [9.17, 15) is 32.7 Å². The van der Waals surface area contributed by atoms with Crippen molar-refractivity contribution in [3.63, 3.8) is 0 Å². The summed E-state index contributed by atoms with van der Waals surface area (Å²) in [5.74, 6) is -7.86. The van der Waals surface area contributed by atoms with Crippen LogP contribution in [-0.2, 0) is 30.8 Å². The van der Waals surface area contributed by atoms with E-state index in [1.165, 1.54) is 19.2 Å². The molecule has 10 nitrogen and oxygen atoms in total. The molecule has 8 rings (SSSR count). The second-order valence-corrected chi connectivity index (χ2v) is 15.5. The number of nitrogens with zero attached hydrogens (tertiary/aromatic N) is 3. The van der Waals surface area contributed by atoms with E-state index >= 15 is 4.79 Å². The van der Waals surface area contributed by atoms with Gasteiger partial charge in [-0.2, -0.15) is 18.2 Å². The van der Waals surface area contributed by atoms with Gasteiger partial charge in [-0.15, -0.1) is 0 Å². The number of hydrazine groups is 1. The van der Waals surface area contributed by atoms with Crippen molar-refractivity contribution in [1.29, 1.82) is 0 Å². The fourth-order valence-corrected chi connectivity index (χ4v) is 9.50. The van der Waals surface area contributed by atoms with Crippen molar-refractivity contribution in [1.82, 2.24) is 9.99 Å². The summed E-state index contributed by atoms with van der Waals surface area (Å²) in [6.45, 7) is 1.79. The number of anilines is 2. The molecule has 2 saturated heterocycles. The molecule has 4 aliphatic rings. The molecule has 0 bridgehead atoms. The highest BCUT2D eigenvalue weighted by Gasteiger charge is 2.71. The van der Waals surface area contributed by atoms with Crippen molar-refractivity contribution in [2.75, 3.05) is 17.4 Å². The summed E-state index contributed by atoms with van der Waals surface area (Å²) in [5.41, 5.74) is 1.72. The molecule has 3 fully saturated rings. The number of hydrogen-bond acceptors (Lipinski definition) is 8. The summed E-state index contributed by atoms with van der Waals surface area (Å²) in [6, 6.07) is 16.3. The van der Waals surface area contributed by atoms with Crippen LogP contribution in [0.4, 0.5) is 24.7 Å². The number of ether oxygens (including phenoxy) is 1. The summed E-state index contributed by atoms with van der Waals surface area (Å²) in [4.78, 5) is 63.8. The number of phenolic OH excluding ortho intramolecular Hbond substituents is 1. The molecule has 1 saturated carbocycles. The van der Waals surface area contributed by atoms with Crippen LogP contribution in [0.25, 0.3) is 0 Å². The maximum absolute atomic E-state index is 15.3. The van der Waals surface area contributed by atoms with E-state index in [0.717, 1.165) is 10.5 Å². The third-order valence-corrected chi connectivity index (χ3v) is 12.5. The van der Waals surface area contributed by atoms with Crippen LogP contribution in [0.2, 0.25) is 15.1 Å². The van der Waals surface area contributed by atoms with Gasteiger partial charge in [-0.05, 0) is 85.3 Å². The van der Waals surface area contributed by atoms with Gasteiger partial charge >= 0.3 is 6.18 Å². The standard InChI is InChI=1S/C40H30Cl3F3N4O6/c1-18-3-8-22(14-29(18)42)49-35(52)25-11-10-24-26(32(25)37(49)54)16-28-36(53)50(48-34-30(43)13-20(17-47-34)40(44,45)46)38(55)39(28,19-4-6-21(41)7-5-19)33(24)27-15-23(56-2)9-12-31(27)51/h3-10,12-15,17,25-26,28,32-33,51H,11,16H2,1-2H3,(H,47,48)/t25-,26+,28-,32-,33+,39+/m0/s1. The van der Waals surface area contributed by atoms with Crippen LogP contribution >= 0.6 is 34.8 Å². The summed E-state index contributed by atoms with van der Waals surface area (Å²) >= 11 is 19.0. The number of rotatable bonds is 6. The normalized spacial score (nSPS) is 25.9. The fraction of sp³-hybridized carbons (Fsp3) is 0.275. The Hall–Kier alpha value is -5.11. The second-order valence-electron chi connectivity index (χ2n) is 14.3. The molecule has 0 radical (unpaired) electrons. The topological polar surface area (TPSA) is 129 Å². The predicted octanol–water partition coefficient (Wildman–Crippen LogP) is 8.27. The zero-order valence-corrected chi connectivity index (χ0v) is 31.7. The molecule has 2 N–H and O–H groups in total. The molecular formula is C40H30Cl3F3N4O6. The Bertz CT molecular complexity index is 2390. The number of amides is 4. The van der Waals surface area contributed by atoms with Crippen LogP contribution < -0.4 is 15.1 Å². The van der Waals surface area contributed by atoms with E-state index in [2.05, 4.69) is 10.4 Å². The average molecular weight is 826 g/mol. The highest BCUT2D eigenvalue weighted by Crippen LogP contribution is 2.65. The van der Waals surface area contributed by atoms with Crippen molar-refractivity contribution in [3.05, 3.63) is 122 Å². The van der Waals surface area contributed by atoms with E-state index < -0.39 is 81.2 Å². The van der Waals surface area contributed by atoms with Gasteiger partial charge in [-0.1, -0.05) is 64.7 Å². The van der Waals surface area contributed by atoms with E-state index in [0.29, 0.717) is 49.9 Å². The number of nitrogens with one attached hydrogen (secondary N) is 1. The minimum absolute atomic E-state index is 0.102. The Morgan fingerprint density at radius 2 is 1.64 bits per heavy atom. The van der Waals surface area contributed by atoms with E-state index in [1.54, 1.807) is 55.5 Å². The summed E-state index contributed by atoms with van der Waals surface area (Å²) in [5, 5.41) is 12.5. The van der Waals surface area contributed by atoms with Crippen LogP contribution in [0.3, 0.4) is 0 Å². The molecule has 4 amide bonds. The number of aromatic hydroxyl groups is 1. The third-order valence-electron chi connectivity index (χ3n) is 11.5. The average Bonchev–Trinajstić information content (AvgIpc) is 3.54. The van der Waals surface area contributed by atoms with Gasteiger partial charge in [0.05, 0.1) is 46.6 Å². The summed E-state index contributed by atoms with van der Waals surface area (Å²) in [7, 11) is 1.42. The fourth-order valence-electron chi connectivity index (χ4n) is 8.99. The minimum atomic E-state index is -4.77. The quantitative estimate of drug-likeness (QED) is 0.147. The number of hydrogen-bond donors (Lipinski definition) is 2. The molecule has 1 aromatic heterocycles. The molecule has 56 heavy (non-hydrogen) atoms. The number of carbonyl (C=O) groups is 4. The third kappa shape index (κ3) is 5.65. The zero-order chi connectivity index (χ0) is 40.0. The first-order valence-corrected chi connectivity index (χ1v) is 18.6. The Morgan fingerprint density at radius 1 is 0.911 bits per heavy atom. The summed E-state index contributed by atoms with van der Waals surface area (Å²) in [6.07, 6.45) is -2.43. The number of aryl methyl sites for hydroxylation is 1. The van der Waals surface area contributed by atoms with Gasteiger partial charge in [0.1, 0.15) is 11.5 Å². The number of halogens is 6. The van der Waals surface area contributed by atoms with E-state index in [4.69, 9.17) is 39.5 Å². The molecule has 3 aromatic carbocycles. The van der Waals surface area contributed by atoms with E-state index in [-0.39, 0.29) is 24.2 Å². The second kappa shape index (κ2) is 13.5. The molecule has 2 aliphatic carbocycles. The van der Waals surface area contributed by atoms with Gasteiger partial charge in [-0.3, -0.25) is 24.6 Å². The van der Waals surface area contributed by atoms with Crippen molar-refractivity contribution in [2.24, 2.45) is 23.7 Å². The monoisotopic (exact) mass is 824 g/mol. The molecule has 4 aromatic rings. The molecule has 6 atom stereocenters. The Morgan fingerprint density at radius 3 is 2.30 bits per heavy atom. The first-order chi connectivity index (χ1) is 26.6. The van der Waals surface area contributed by atoms with Gasteiger partial charge in [0.15, 0.2) is 5.82 Å². The minimum Gasteiger partial charge on any atom is -0.508 e. The highest BCUT2D eigenvalue weighted by atomic mass is 35.5. The number of methoxy groups -OCH3 is 1. The molecule has 3 heterocycles. The Labute approximate surface area is 332 Å². The summed E-state index contributed by atoms with van der Waals surface area (Å²) < 4.78 is 46.0. The van der Waals surface area contributed by atoms with Crippen molar-refractivity contribution >= 4 is 69.9 Å². The Kier molecular flexibility index (Phi) is 9.13. The number of alkyl halides is 3. The van der Waals surface area contributed by atoms with Crippen LogP contribution in [0.5, 0.6) is 11.5 Å². The van der Waals surface area contributed by atoms with Gasteiger partial charge in [0, 0.05) is 27.7 Å². The van der Waals surface area contributed by atoms with Gasteiger partial charge in [-0.25, -0.2) is 9.88 Å². The Balaban J connectivity index is 1.32. The number of pyridine rings is 1. The van der Waals surface area contributed by atoms with Crippen LogP contribution in [0, 0.1) is 30.6 Å². The molecule has 0 unspecified atom stereocenters. The number of aromatic nitrogens is 1. The number of fused-ring (bicyclic) bond motifs is 4. The maximum Gasteiger partial charge on any atom is 0.417 e. The smallest absolute Gasteiger partial charge is 0.417 e. The number of imide groups is 2. The van der Waals surface area contributed by atoms with Gasteiger partial charge in [0.2, 0.25) is 11.8 Å². The van der Waals surface area contributed by atoms with Crippen LogP contribution in [-0.4, -0.2) is 45.8 Å². The van der Waals surface area contributed by atoms with Crippen LogP contribution in [0.1, 0.15) is 41.0 Å². The lowest BCUT2D eigenvalue weighted by Crippen LogP contribution is -2.53. The first kappa shape index (κ1) is 37.8. The lowest BCUT2D eigenvalue weighted by molar-refractivity contribution is -0.139.